The van der Waals surface area contributed by atoms with Crippen LogP contribution in [0.2, 0.25) is 0 Å². The first-order valence-electron chi connectivity index (χ1n) is 8.69. The summed E-state index contributed by atoms with van der Waals surface area (Å²) in [6.07, 6.45) is 1.17. The molecule has 0 fully saturated rings. The van der Waals surface area contributed by atoms with Gasteiger partial charge in [0.15, 0.2) is 6.61 Å². The minimum atomic E-state index is -3.23. The Morgan fingerprint density at radius 1 is 0.893 bits per heavy atom. The molecule has 1 amide bonds. The van der Waals surface area contributed by atoms with Crippen LogP contribution < -0.4 is 9.47 Å². The molecule has 0 aliphatic heterocycles. The molecule has 0 atom stereocenters. The second kappa shape index (κ2) is 9.57. The highest BCUT2D eigenvalue weighted by molar-refractivity contribution is 7.88. The van der Waals surface area contributed by atoms with Crippen molar-refractivity contribution in [3.63, 3.8) is 0 Å². The number of sulfonamides is 1. The minimum Gasteiger partial charge on any atom is -0.497 e. The number of hydrogen-bond acceptors (Lipinski definition) is 5. The monoisotopic (exact) mass is 406 g/mol. The Labute approximate surface area is 166 Å². The Hall–Kier alpha value is -2.58. The smallest absolute Gasteiger partial charge is 0.260 e. The second-order valence-corrected chi connectivity index (χ2v) is 8.64. The van der Waals surface area contributed by atoms with Gasteiger partial charge in [-0.05, 0) is 35.4 Å². The molecule has 0 heterocycles. The van der Waals surface area contributed by atoms with Gasteiger partial charge >= 0.3 is 0 Å². The Kier molecular flexibility index (Phi) is 7.42. The van der Waals surface area contributed by atoms with Gasteiger partial charge in [0.25, 0.3) is 5.91 Å². The molecular weight excluding hydrogens is 380 g/mol. The van der Waals surface area contributed by atoms with Crippen molar-refractivity contribution in [1.82, 2.24) is 9.21 Å². The maximum atomic E-state index is 12.3. The van der Waals surface area contributed by atoms with E-state index in [1.807, 2.05) is 24.3 Å². The van der Waals surface area contributed by atoms with Gasteiger partial charge in [-0.3, -0.25) is 4.79 Å². The topological polar surface area (TPSA) is 76.2 Å². The lowest BCUT2D eigenvalue weighted by atomic mass is 10.2. The van der Waals surface area contributed by atoms with Crippen molar-refractivity contribution in [1.29, 1.82) is 0 Å². The van der Waals surface area contributed by atoms with Gasteiger partial charge in [-0.25, -0.2) is 12.7 Å². The van der Waals surface area contributed by atoms with Crippen molar-refractivity contribution >= 4 is 15.9 Å². The summed E-state index contributed by atoms with van der Waals surface area (Å²) in [7, 11) is 1.63. The van der Waals surface area contributed by atoms with E-state index in [0.29, 0.717) is 12.3 Å². The molecule has 28 heavy (non-hydrogen) atoms. The van der Waals surface area contributed by atoms with E-state index in [9.17, 15) is 13.2 Å². The highest BCUT2D eigenvalue weighted by Gasteiger charge is 2.12. The zero-order chi connectivity index (χ0) is 20.7. The molecule has 0 bridgehead atoms. The maximum absolute atomic E-state index is 12.3. The average Bonchev–Trinajstić information content (AvgIpc) is 2.67. The summed E-state index contributed by atoms with van der Waals surface area (Å²) < 4.78 is 34.9. The molecule has 0 saturated carbocycles. The van der Waals surface area contributed by atoms with E-state index in [1.54, 1.807) is 43.3 Å². The van der Waals surface area contributed by atoms with Gasteiger partial charge in [-0.2, -0.15) is 0 Å². The van der Waals surface area contributed by atoms with Crippen LogP contribution in [-0.4, -0.2) is 57.6 Å². The first-order valence-corrected chi connectivity index (χ1v) is 10.5. The fourth-order valence-corrected chi connectivity index (χ4v) is 2.80. The summed E-state index contributed by atoms with van der Waals surface area (Å²) in [4.78, 5) is 13.9. The highest BCUT2D eigenvalue weighted by Crippen LogP contribution is 2.15. The number of carbonyl (C=O) groups excluding carboxylic acids is 1. The normalized spacial score (nSPS) is 11.3. The second-order valence-electron chi connectivity index (χ2n) is 6.55. The summed E-state index contributed by atoms with van der Waals surface area (Å²) in [5.41, 5.74) is 1.83. The van der Waals surface area contributed by atoms with Gasteiger partial charge in [-0.15, -0.1) is 0 Å². The van der Waals surface area contributed by atoms with Crippen molar-refractivity contribution in [2.45, 2.75) is 13.1 Å². The largest absolute Gasteiger partial charge is 0.497 e. The van der Waals surface area contributed by atoms with Crippen molar-refractivity contribution in [3.8, 4) is 11.5 Å². The molecular formula is C20H26N2O5S. The van der Waals surface area contributed by atoms with Crippen LogP contribution in [0.3, 0.4) is 0 Å². The first kappa shape index (κ1) is 21.7. The van der Waals surface area contributed by atoms with Gasteiger partial charge < -0.3 is 14.4 Å². The number of benzene rings is 2. The highest BCUT2D eigenvalue weighted by atomic mass is 32.2. The van der Waals surface area contributed by atoms with E-state index in [4.69, 9.17) is 9.47 Å². The molecule has 0 aliphatic rings. The third-order valence-electron chi connectivity index (χ3n) is 4.26. The van der Waals surface area contributed by atoms with E-state index in [-0.39, 0.29) is 19.1 Å². The third-order valence-corrected chi connectivity index (χ3v) is 5.52. The number of likely N-dealkylation sites (N-methyl/N-ethyl adjacent to an activating group) is 1. The number of methoxy groups -OCH3 is 1. The van der Waals surface area contributed by atoms with E-state index >= 15 is 0 Å². The van der Waals surface area contributed by atoms with Crippen LogP contribution in [0.15, 0.2) is 48.5 Å². The lowest BCUT2D eigenvalue weighted by Crippen LogP contribution is -2.30. The number of nitrogens with zero attached hydrogens (tertiary/aromatic N) is 2. The van der Waals surface area contributed by atoms with E-state index < -0.39 is 10.0 Å². The Bertz CT molecular complexity index is 880. The third kappa shape index (κ3) is 6.54. The van der Waals surface area contributed by atoms with Crippen LogP contribution >= 0.6 is 0 Å². The minimum absolute atomic E-state index is 0.0742. The molecule has 0 N–H and O–H groups in total. The molecule has 0 aliphatic carbocycles. The molecule has 2 aromatic carbocycles. The molecule has 2 aromatic rings. The maximum Gasteiger partial charge on any atom is 0.260 e. The lowest BCUT2D eigenvalue weighted by molar-refractivity contribution is -0.132. The van der Waals surface area contributed by atoms with Crippen molar-refractivity contribution in [2.24, 2.45) is 0 Å². The molecule has 0 saturated heterocycles. The number of ether oxygens (including phenoxy) is 2. The van der Waals surface area contributed by atoms with Crippen molar-refractivity contribution < 1.29 is 22.7 Å². The lowest BCUT2D eigenvalue weighted by Gasteiger charge is -2.18. The summed E-state index contributed by atoms with van der Waals surface area (Å²) in [6.45, 7) is 0.681. The molecule has 0 spiro atoms. The predicted molar refractivity (Wildman–Crippen MR) is 108 cm³/mol. The van der Waals surface area contributed by atoms with Crippen LogP contribution in [-0.2, 0) is 27.9 Å². The predicted octanol–water partition coefficient (Wildman–Crippen LogP) is 2.12. The molecule has 7 nitrogen and oxygen atoms in total. The van der Waals surface area contributed by atoms with Gasteiger partial charge in [0, 0.05) is 27.2 Å². The Balaban J connectivity index is 1.84. The van der Waals surface area contributed by atoms with Crippen molar-refractivity contribution in [3.05, 3.63) is 59.7 Å². The van der Waals surface area contributed by atoms with Gasteiger partial charge in [0.1, 0.15) is 11.5 Å². The van der Waals surface area contributed by atoms with Crippen LogP contribution in [0.25, 0.3) is 0 Å². The molecule has 8 heteroatoms. The molecule has 0 radical (unpaired) electrons. The average molecular weight is 407 g/mol. The number of amides is 1. The summed E-state index contributed by atoms with van der Waals surface area (Å²) in [5.74, 6) is 1.18. The summed E-state index contributed by atoms with van der Waals surface area (Å²) in [6, 6.07) is 14.5. The standard InChI is InChI=1S/C20H26N2O5S/c1-21(13-16-5-9-18(26-3)10-6-16)20(23)15-27-19-11-7-17(8-12-19)14-22(2)28(4,24)25/h5-12H,13-15H2,1-4H3. The first-order chi connectivity index (χ1) is 13.2. The Morgan fingerprint density at radius 3 is 1.89 bits per heavy atom. The van der Waals surface area contributed by atoms with Crippen LogP contribution in [0.5, 0.6) is 11.5 Å². The van der Waals surface area contributed by atoms with Gasteiger partial charge in [0.05, 0.1) is 13.4 Å². The molecule has 0 unspecified atom stereocenters. The van der Waals surface area contributed by atoms with Crippen molar-refractivity contribution in [2.75, 3.05) is 34.1 Å². The molecule has 152 valence electrons. The zero-order valence-electron chi connectivity index (χ0n) is 16.6. The molecule has 0 aromatic heterocycles. The Morgan fingerprint density at radius 2 is 1.39 bits per heavy atom. The fraction of sp³-hybridized carbons (Fsp3) is 0.350. The number of carbonyl (C=O) groups is 1. The quantitative estimate of drug-likeness (QED) is 0.638. The van der Waals surface area contributed by atoms with E-state index in [0.717, 1.165) is 16.9 Å². The summed E-state index contributed by atoms with van der Waals surface area (Å²) >= 11 is 0. The number of rotatable bonds is 9. The van der Waals surface area contributed by atoms with Crippen LogP contribution in [0.1, 0.15) is 11.1 Å². The van der Waals surface area contributed by atoms with Crippen LogP contribution in [0.4, 0.5) is 0 Å². The van der Waals surface area contributed by atoms with Gasteiger partial charge in [0.2, 0.25) is 10.0 Å². The van der Waals surface area contributed by atoms with E-state index in [2.05, 4.69) is 0 Å². The molecule has 2 rings (SSSR count). The van der Waals surface area contributed by atoms with E-state index in [1.165, 1.54) is 17.6 Å². The van der Waals surface area contributed by atoms with Crippen LogP contribution in [0, 0.1) is 0 Å². The SMILES string of the molecule is COc1ccc(CN(C)C(=O)COc2ccc(CN(C)S(C)(=O)=O)cc2)cc1. The number of hydrogen-bond donors (Lipinski definition) is 0. The zero-order valence-corrected chi connectivity index (χ0v) is 17.4. The fourth-order valence-electron chi connectivity index (χ4n) is 2.41. The van der Waals surface area contributed by atoms with Gasteiger partial charge in [-0.1, -0.05) is 24.3 Å². The summed E-state index contributed by atoms with van der Waals surface area (Å²) in [5, 5.41) is 0.